The fraction of sp³-hybridized carbons (Fsp3) is 0.211. The zero-order chi connectivity index (χ0) is 14.2. The minimum atomic E-state index is 0.910. The lowest BCUT2D eigenvalue weighted by Gasteiger charge is -2.19. The third-order valence-electron chi connectivity index (χ3n) is 4.31. The average Bonchev–Trinajstić information content (AvgIpc) is 2.56. The van der Waals surface area contributed by atoms with Gasteiger partial charge in [0.1, 0.15) is 0 Å². The molecule has 0 saturated carbocycles. The van der Waals surface area contributed by atoms with Crippen LogP contribution in [0, 0.1) is 0 Å². The summed E-state index contributed by atoms with van der Waals surface area (Å²) < 4.78 is 0. The Morgan fingerprint density at radius 2 is 1.67 bits per heavy atom. The second-order valence-electron chi connectivity index (χ2n) is 5.63. The molecule has 3 aromatic rings. The molecular weight excluding hydrogens is 278 g/mol. The molecule has 1 heterocycles. The van der Waals surface area contributed by atoms with Gasteiger partial charge in [-0.2, -0.15) is 0 Å². The van der Waals surface area contributed by atoms with E-state index in [0.717, 1.165) is 28.8 Å². The maximum absolute atomic E-state index is 6.68. The van der Waals surface area contributed by atoms with Crippen LogP contribution in [0.3, 0.4) is 0 Å². The molecule has 0 atom stereocenters. The monoisotopic (exact) mass is 293 g/mol. The van der Waals surface area contributed by atoms with E-state index in [1.807, 2.05) is 6.07 Å². The van der Waals surface area contributed by atoms with Crippen LogP contribution in [0.25, 0.3) is 22.0 Å². The first-order valence-corrected chi connectivity index (χ1v) is 7.88. The highest BCUT2D eigenvalue weighted by Gasteiger charge is 2.18. The topological polar surface area (TPSA) is 12.9 Å². The number of nitrogens with zero attached hydrogens (tertiary/aromatic N) is 1. The van der Waals surface area contributed by atoms with Gasteiger partial charge in [0.15, 0.2) is 0 Å². The quantitative estimate of drug-likeness (QED) is 0.582. The molecule has 0 aliphatic heterocycles. The molecule has 0 spiro atoms. The van der Waals surface area contributed by atoms with E-state index in [4.69, 9.17) is 16.6 Å². The van der Waals surface area contributed by atoms with E-state index in [2.05, 4.69) is 42.5 Å². The number of para-hydroxylation sites is 1. The van der Waals surface area contributed by atoms with Crippen LogP contribution in [0.15, 0.2) is 48.5 Å². The number of rotatable bonds is 1. The highest BCUT2D eigenvalue weighted by Crippen LogP contribution is 2.36. The molecule has 1 nitrogen and oxygen atoms in total. The predicted octanol–water partition coefficient (Wildman–Crippen LogP) is 5.43. The van der Waals surface area contributed by atoms with Crippen LogP contribution in [-0.2, 0) is 12.8 Å². The third kappa shape index (κ3) is 2.13. The van der Waals surface area contributed by atoms with Crippen molar-refractivity contribution >= 4 is 22.5 Å². The molecule has 1 aromatic heterocycles. The number of hydrogen-bond donors (Lipinski definition) is 0. The number of fused-ring (bicyclic) bond motifs is 2. The molecule has 0 radical (unpaired) electrons. The molecule has 0 bridgehead atoms. The molecule has 0 fully saturated rings. The Kier molecular flexibility index (Phi) is 3.16. The normalized spacial score (nSPS) is 14.1. The van der Waals surface area contributed by atoms with Crippen molar-refractivity contribution in [3.63, 3.8) is 0 Å². The summed E-state index contributed by atoms with van der Waals surface area (Å²) in [7, 11) is 0. The fourth-order valence-electron chi connectivity index (χ4n) is 3.24. The van der Waals surface area contributed by atoms with E-state index in [0.29, 0.717) is 0 Å². The van der Waals surface area contributed by atoms with Crippen LogP contribution in [0.1, 0.15) is 24.1 Å². The van der Waals surface area contributed by atoms with E-state index < -0.39 is 0 Å². The van der Waals surface area contributed by atoms with Crippen LogP contribution in [0.2, 0.25) is 5.02 Å². The first kappa shape index (κ1) is 12.8. The number of aryl methyl sites for hydroxylation is 1. The number of hydrogen-bond acceptors (Lipinski definition) is 1. The number of pyridine rings is 1. The summed E-state index contributed by atoms with van der Waals surface area (Å²) in [6.45, 7) is 0. The Labute approximate surface area is 129 Å². The van der Waals surface area contributed by atoms with Gasteiger partial charge in [0.25, 0.3) is 0 Å². The molecule has 104 valence electrons. The van der Waals surface area contributed by atoms with Gasteiger partial charge in [0.2, 0.25) is 0 Å². The summed E-state index contributed by atoms with van der Waals surface area (Å²) in [6, 6.07) is 16.7. The van der Waals surface area contributed by atoms with Gasteiger partial charge in [0.05, 0.1) is 10.5 Å². The predicted molar refractivity (Wildman–Crippen MR) is 88.8 cm³/mol. The van der Waals surface area contributed by atoms with Crippen molar-refractivity contribution in [1.82, 2.24) is 4.98 Å². The smallest absolute Gasteiger partial charge is 0.0798 e. The largest absolute Gasteiger partial charge is 0.252 e. The zero-order valence-corrected chi connectivity index (χ0v) is 12.5. The molecule has 2 heteroatoms. The Bertz CT molecular complexity index is 809. The maximum atomic E-state index is 6.68. The van der Waals surface area contributed by atoms with Gasteiger partial charge in [-0.3, -0.25) is 4.98 Å². The molecule has 0 N–H and O–H groups in total. The van der Waals surface area contributed by atoms with Crippen molar-refractivity contribution in [2.75, 3.05) is 0 Å². The zero-order valence-electron chi connectivity index (χ0n) is 11.8. The molecule has 4 rings (SSSR count). The van der Waals surface area contributed by atoms with Gasteiger partial charge in [-0.05, 0) is 36.8 Å². The fourth-order valence-corrected chi connectivity index (χ4v) is 3.59. The van der Waals surface area contributed by atoms with Crippen LogP contribution < -0.4 is 0 Å². The van der Waals surface area contributed by atoms with E-state index in [9.17, 15) is 0 Å². The second-order valence-corrected chi connectivity index (χ2v) is 6.00. The van der Waals surface area contributed by atoms with Crippen LogP contribution >= 0.6 is 11.6 Å². The van der Waals surface area contributed by atoms with Crippen molar-refractivity contribution in [1.29, 1.82) is 0 Å². The number of benzene rings is 2. The molecule has 21 heavy (non-hydrogen) atoms. The van der Waals surface area contributed by atoms with Gasteiger partial charge < -0.3 is 0 Å². The minimum Gasteiger partial charge on any atom is -0.252 e. The van der Waals surface area contributed by atoms with E-state index in [1.54, 1.807) is 0 Å². The number of halogens is 1. The Morgan fingerprint density at radius 3 is 2.52 bits per heavy atom. The van der Waals surface area contributed by atoms with Crippen molar-refractivity contribution < 1.29 is 0 Å². The first-order valence-electron chi connectivity index (χ1n) is 7.50. The summed E-state index contributed by atoms with van der Waals surface area (Å²) in [6.07, 6.45) is 4.55. The molecule has 0 unspecified atom stereocenters. The summed E-state index contributed by atoms with van der Waals surface area (Å²) in [5.74, 6) is 0. The number of aromatic nitrogens is 1. The third-order valence-corrected chi connectivity index (χ3v) is 4.74. The standard InChI is InChI=1S/C19H16ClN/c20-18-15-9-4-5-12-17(15)21-19-14(10-6-11-16(18)19)13-7-2-1-3-8-13/h1-3,6-8,10-11H,4-5,9,12H2. The lowest BCUT2D eigenvalue weighted by molar-refractivity contribution is 0.671. The molecule has 2 aromatic carbocycles. The molecule has 0 saturated heterocycles. The van der Waals surface area contributed by atoms with Crippen LogP contribution in [0.5, 0.6) is 0 Å². The summed E-state index contributed by atoms with van der Waals surface area (Å²) in [5.41, 5.74) is 5.86. The maximum Gasteiger partial charge on any atom is 0.0798 e. The first-order chi connectivity index (χ1) is 10.3. The van der Waals surface area contributed by atoms with Gasteiger partial charge >= 0.3 is 0 Å². The van der Waals surface area contributed by atoms with Crippen molar-refractivity contribution in [3.8, 4) is 11.1 Å². The average molecular weight is 294 g/mol. The van der Waals surface area contributed by atoms with E-state index in [-0.39, 0.29) is 0 Å². The summed E-state index contributed by atoms with van der Waals surface area (Å²) in [4.78, 5) is 4.97. The van der Waals surface area contributed by atoms with Crippen molar-refractivity contribution in [3.05, 3.63) is 64.8 Å². The second kappa shape index (κ2) is 5.16. The Balaban J connectivity index is 2.04. The summed E-state index contributed by atoms with van der Waals surface area (Å²) >= 11 is 6.68. The van der Waals surface area contributed by atoms with E-state index >= 15 is 0 Å². The Morgan fingerprint density at radius 1 is 0.857 bits per heavy atom. The van der Waals surface area contributed by atoms with Crippen LogP contribution in [0.4, 0.5) is 0 Å². The lowest BCUT2D eigenvalue weighted by Crippen LogP contribution is -2.07. The summed E-state index contributed by atoms with van der Waals surface area (Å²) in [5, 5.41) is 1.99. The minimum absolute atomic E-state index is 0.910. The molecular formula is C19H16ClN. The highest BCUT2D eigenvalue weighted by atomic mass is 35.5. The lowest BCUT2D eigenvalue weighted by atomic mass is 9.93. The molecule has 0 amide bonds. The van der Waals surface area contributed by atoms with Gasteiger partial charge in [-0.1, -0.05) is 60.1 Å². The van der Waals surface area contributed by atoms with Gasteiger partial charge in [-0.25, -0.2) is 0 Å². The SMILES string of the molecule is Clc1c2c(nc3c(-c4ccccc4)cccc13)CCCC2. The van der Waals surface area contributed by atoms with E-state index in [1.165, 1.54) is 35.2 Å². The highest BCUT2D eigenvalue weighted by molar-refractivity contribution is 6.36. The molecule has 1 aliphatic rings. The molecule has 1 aliphatic carbocycles. The van der Waals surface area contributed by atoms with Crippen molar-refractivity contribution in [2.24, 2.45) is 0 Å². The van der Waals surface area contributed by atoms with Crippen molar-refractivity contribution in [2.45, 2.75) is 25.7 Å². The van der Waals surface area contributed by atoms with Gasteiger partial charge in [-0.15, -0.1) is 0 Å². The Hall–Kier alpha value is -1.86. The van der Waals surface area contributed by atoms with Crippen LogP contribution in [-0.4, -0.2) is 4.98 Å². The van der Waals surface area contributed by atoms with Gasteiger partial charge in [0, 0.05) is 16.6 Å².